The molecule has 0 N–H and O–H groups in total. The van der Waals surface area contributed by atoms with Crippen LogP contribution in [0.15, 0.2) is 66.4 Å². The van der Waals surface area contributed by atoms with E-state index >= 15 is 0 Å². The molecular formula is C25H30N3O2+. The summed E-state index contributed by atoms with van der Waals surface area (Å²) in [7, 11) is 0. The molecule has 4 rings (SSSR count). The van der Waals surface area contributed by atoms with Crippen molar-refractivity contribution in [1.29, 1.82) is 0 Å². The van der Waals surface area contributed by atoms with Crippen LogP contribution in [0.1, 0.15) is 37.8 Å². The van der Waals surface area contributed by atoms with E-state index in [9.17, 15) is 10.1 Å². The van der Waals surface area contributed by atoms with Gasteiger partial charge in [0.1, 0.15) is 0 Å². The van der Waals surface area contributed by atoms with Gasteiger partial charge < -0.3 is 4.90 Å². The van der Waals surface area contributed by atoms with Crippen LogP contribution in [0.4, 0.5) is 5.69 Å². The Morgan fingerprint density at radius 3 is 2.33 bits per heavy atom. The third kappa shape index (κ3) is 4.16. The fraction of sp³-hybridized carbons (Fsp3) is 0.400. The Bertz CT molecular complexity index is 956. The number of likely N-dealkylation sites (tertiary alicyclic amines) is 1. The second-order valence-electron chi connectivity index (χ2n) is 8.88. The maximum atomic E-state index is 11.0. The predicted octanol–water partition coefficient (Wildman–Crippen LogP) is 4.81. The minimum absolute atomic E-state index is 0.0791. The molecule has 1 atom stereocenters. The van der Waals surface area contributed by atoms with Crippen LogP contribution in [0, 0.1) is 16.0 Å². The Labute approximate surface area is 178 Å². The number of nitrogens with zero attached hydrogens (tertiary/aromatic N) is 3. The van der Waals surface area contributed by atoms with E-state index in [1.165, 1.54) is 24.1 Å². The van der Waals surface area contributed by atoms with Gasteiger partial charge in [0.15, 0.2) is 18.3 Å². The minimum atomic E-state index is -0.333. The third-order valence-corrected chi connectivity index (χ3v) is 6.63. The highest BCUT2D eigenvalue weighted by molar-refractivity contribution is 5.69. The van der Waals surface area contributed by atoms with E-state index < -0.39 is 0 Å². The van der Waals surface area contributed by atoms with Gasteiger partial charge in [-0.3, -0.25) is 10.1 Å². The summed E-state index contributed by atoms with van der Waals surface area (Å²) in [5, 5.41) is 11.0. The highest BCUT2D eigenvalue weighted by atomic mass is 16.6. The molecule has 2 heterocycles. The van der Waals surface area contributed by atoms with Crippen molar-refractivity contribution in [3.8, 4) is 0 Å². The third-order valence-electron chi connectivity index (χ3n) is 6.63. The molecular weight excluding hydrogens is 374 g/mol. The fourth-order valence-electron chi connectivity index (χ4n) is 4.72. The quantitative estimate of drug-likeness (QED) is 0.394. The first-order chi connectivity index (χ1) is 14.4. The van der Waals surface area contributed by atoms with Crippen LogP contribution in [0.2, 0.25) is 0 Å². The summed E-state index contributed by atoms with van der Waals surface area (Å²) in [5.41, 5.74) is 3.92. The van der Waals surface area contributed by atoms with Crippen LogP contribution < -0.4 is 0 Å². The predicted molar refractivity (Wildman–Crippen MR) is 120 cm³/mol. The Hall–Kier alpha value is -2.95. The molecule has 0 aromatic heterocycles. The molecule has 2 aromatic carbocycles. The van der Waals surface area contributed by atoms with Crippen LogP contribution in [0.5, 0.6) is 0 Å². The summed E-state index contributed by atoms with van der Waals surface area (Å²) in [6.07, 6.45) is 7.92. The van der Waals surface area contributed by atoms with E-state index in [4.69, 9.17) is 0 Å². The lowest BCUT2D eigenvalue weighted by molar-refractivity contribution is -0.621. The van der Waals surface area contributed by atoms with Crippen molar-refractivity contribution in [2.45, 2.75) is 45.2 Å². The SMILES string of the molecule is CC1(C)C(Cc2ccc([N+](=O)[O-])cc2)C(N2CCCC2)=CC=[N+]1Cc1ccccc1. The molecule has 1 fully saturated rings. The van der Waals surface area contributed by atoms with Gasteiger partial charge in [-0.2, -0.15) is 0 Å². The summed E-state index contributed by atoms with van der Waals surface area (Å²) in [4.78, 5) is 13.2. The van der Waals surface area contributed by atoms with Gasteiger partial charge in [0.05, 0.1) is 10.8 Å². The topological polar surface area (TPSA) is 49.4 Å². The molecule has 0 radical (unpaired) electrons. The first kappa shape index (κ1) is 20.3. The van der Waals surface area contributed by atoms with Gasteiger partial charge in [0.25, 0.3) is 5.69 Å². The lowest BCUT2D eigenvalue weighted by Gasteiger charge is -2.39. The summed E-state index contributed by atoms with van der Waals surface area (Å²) in [6, 6.07) is 17.7. The number of nitro groups is 1. The normalized spacial score (nSPS) is 20.6. The zero-order valence-electron chi connectivity index (χ0n) is 17.8. The van der Waals surface area contributed by atoms with Gasteiger partial charge in [0.2, 0.25) is 0 Å². The molecule has 1 unspecified atom stereocenters. The highest BCUT2D eigenvalue weighted by Crippen LogP contribution is 2.37. The van der Waals surface area contributed by atoms with E-state index in [0.29, 0.717) is 5.92 Å². The van der Waals surface area contributed by atoms with Crippen molar-refractivity contribution in [2.75, 3.05) is 13.1 Å². The van der Waals surface area contributed by atoms with Gasteiger partial charge >= 0.3 is 0 Å². The summed E-state index contributed by atoms with van der Waals surface area (Å²) in [5.74, 6) is 0.311. The Kier molecular flexibility index (Phi) is 5.71. The number of hydrogen-bond donors (Lipinski definition) is 0. The lowest BCUT2D eigenvalue weighted by atomic mass is 9.77. The molecule has 5 nitrogen and oxygen atoms in total. The maximum Gasteiger partial charge on any atom is 0.269 e. The molecule has 2 aliphatic rings. The highest BCUT2D eigenvalue weighted by Gasteiger charge is 2.45. The van der Waals surface area contributed by atoms with E-state index in [1.807, 2.05) is 12.1 Å². The number of rotatable bonds is 6. The van der Waals surface area contributed by atoms with Crippen molar-refractivity contribution in [1.82, 2.24) is 4.90 Å². The zero-order chi connectivity index (χ0) is 21.1. The average molecular weight is 405 g/mol. The summed E-state index contributed by atoms with van der Waals surface area (Å²) < 4.78 is 2.44. The number of nitro benzene ring substituents is 1. The summed E-state index contributed by atoms with van der Waals surface area (Å²) >= 11 is 0. The number of allylic oxidation sites excluding steroid dienone is 1. The van der Waals surface area contributed by atoms with Gasteiger partial charge in [-0.1, -0.05) is 42.5 Å². The molecule has 1 saturated heterocycles. The largest absolute Gasteiger partial charge is 0.374 e. The molecule has 30 heavy (non-hydrogen) atoms. The van der Waals surface area contributed by atoms with Gasteiger partial charge in [-0.25, -0.2) is 4.58 Å². The van der Waals surface area contributed by atoms with Crippen LogP contribution >= 0.6 is 0 Å². The van der Waals surface area contributed by atoms with Gasteiger partial charge in [0, 0.05) is 56.4 Å². The number of benzene rings is 2. The average Bonchev–Trinajstić information content (AvgIpc) is 3.27. The number of non-ortho nitro benzene ring substituents is 1. The second kappa shape index (κ2) is 8.42. The first-order valence-electron chi connectivity index (χ1n) is 10.8. The zero-order valence-corrected chi connectivity index (χ0v) is 17.8. The van der Waals surface area contributed by atoms with Gasteiger partial charge in [-0.15, -0.1) is 0 Å². The molecule has 2 aliphatic heterocycles. The van der Waals surface area contributed by atoms with Gasteiger partial charge in [-0.05, 0) is 24.8 Å². The molecule has 0 saturated carbocycles. The lowest BCUT2D eigenvalue weighted by Crippen LogP contribution is -2.50. The molecule has 0 aliphatic carbocycles. The maximum absolute atomic E-state index is 11.0. The molecule has 0 amide bonds. The fourth-order valence-corrected chi connectivity index (χ4v) is 4.72. The Balaban J connectivity index is 1.65. The Morgan fingerprint density at radius 1 is 1.03 bits per heavy atom. The van der Waals surface area contributed by atoms with E-state index in [2.05, 4.69) is 65.9 Å². The smallest absolute Gasteiger partial charge is 0.269 e. The minimum Gasteiger partial charge on any atom is -0.374 e. The van der Waals surface area contributed by atoms with Crippen LogP contribution in [0.25, 0.3) is 0 Å². The molecule has 2 aromatic rings. The van der Waals surface area contributed by atoms with Crippen LogP contribution in [-0.2, 0) is 13.0 Å². The monoisotopic (exact) mass is 404 g/mol. The summed E-state index contributed by atoms with van der Waals surface area (Å²) in [6.45, 7) is 7.75. The van der Waals surface area contributed by atoms with Crippen molar-refractivity contribution >= 4 is 11.9 Å². The van der Waals surface area contributed by atoms with Crippen molar-refractivity contribution in [2.24, 2.45) is 5.92 Å². The van der Waals surface area contributed by atoms with E-state index in [1.54, 1.807) is 12.1 Å². The first-order valence-corrected chi connectivity index (χ1v) is 10.8. The van der Waals surface area contributed by atoms with E-state index in [0.717, 1.165) is 31.6 Å². The Morgan fingerprint density at radius 2 is 1.70 bits per heavy atom. The molecule has 156 valence electrons. The van der Waals surface area contributed by atoms with E-state index in [-0.39, 0.29) is 16.1 Å². The number of hydrogen-bond acceptors (Lipinski definition) is 3. The molecule has 0 spiro atoms. The molecule has 0 bridgehead atoms. The van der Waals surface area contributed by atoms with Crippen LogP contribution in [-0.4, -0.2) is 39.2 Å². The van der Waals surface area contributed by atoms with Crippen molar-refractivity contribution < 1.29 is 9.50 Å². The standard InChI is InChI=1S/C25H30N3O2/c1-25(2)23(18-20-10-12-22(13-11-20)28(29)30)24(26-15-6-7-16-26)14-17-27(25)19-21-8-4-3-5-9-21/h3-5,8-14,17,23H,6-7,15-16,18-19H2,1-2H3/q+1. The van der Waals surface area contributed by atoms with Crippen molar-refractivity contribution in [3.05, 3.63) is 87.6 Å². The second-order valence-corrected chi connectivity index (χ2v) is 8.88. The van der Waals surface area contributed by atoms with Crippen LogP contribution in [0.3, 0.4) is 0 Å². The van der Waals surface area contributed by atoms with Crippen molar-refractivity contribution in [3.63, 3.8) is 0 Å². The molecule has 5 heteroatoms.